The summed E-state index contributed by atoms with van der Waals surface area (Å²) in [6.07, 6.45) is 0. The van der Waals surface area contributed by atoms with E-state index in [1.54, 1.807) is 18.2 Å². The van der Waals surface area contributed by atoms with E-state index in [9.17, 15) is 9.59 Å². The zero-order chi connectivity index (χ0) is 15.5. The molecule has 0 spiro atoms. The van der Waals surface area contributed by atoms with Gasteiger partial charge in [0, 0.05) is 5.56 Å². The molecule has 0 radical (unpaired) electrons. The molecule has 5 nitrogen and oxygen atoms in total. The van der Waals surface area contributed by atoms with Crippen molar-refractivity contribution in [3.05, 3.63) is 51.6 Å². The number of nitrogens with one attached hydrogen (secondary N) is 1. The van der Waals surface area contributed by atoms with Crippen LogP contribution in [0.5, 0.6) is 11.5 Å². The Kier molecular flexibility index (Phi) is 4.28. The van der Waals surface area contributed by atoms with E-state index in [2.05, 4.69) is 27.9 Å². The van der Waals surface area contributed by atoms with Crippen LogP contribution in [-0.2, 0) is 4.79 Å². The second kappa shape index (κ2) is 6.35. The van der Waals surface area contributed by atoms with Crippen molar-refractivity contribution in [3.8, 4) is 11.5 Å². The van der Waals surface area contributed by atoms with Crippen molar-refractivity contribution in [2.45, 2.75) is 0 Å². The number of amides is 1. The Labute approximate surface area is 140 Å². The van der Waals surface area contributed by atoms with Crippen LogP contribution in [0.2, 0.25) is 0 Å². The molecule has 0 aromatic heterocycles. The Morgan fingerprint density at radius 2 is 2.09 bits per heavy atom. The van der Waals surface area contributed by atoms with Gasteiger partial charge in [-0.05, 0) is 52.9 Å². The number of benzene rings is 2. The first kappa shape index (κ1) is 14.8. The van der Waals surface area contributed by atoms with E-state index in [1.807, 2.05) is 24.3 Å². The van der Waals surface area contributed by atoms with Crippen LogP contribution in [0, 0.1) is 3.57 Å². The predicted molar refractivity (Wildman–Crippen MR) is 89.6 cm³/mol. The normalized spacial score (nSPS) is 12.9. The smallest absolute Gasteiger partial charge is 0.262 e. The summed E-state index contributed by atoms with van der Waals surface area (Å²) in [6.45, 7) is -0.0660. The van der Waals surface area contributed by atoms with E-state index in [0.717, 1.165) is 3.57 Å². The lowest BCUT2D eigenvalue weighted by Gasteiger charge is -2.18. The molecule has 1 N–H and O–H groups in total. The number of hydrogen-bond donors (Lipinski definition) is 1. The number of fused-ring (bicyclic) bond motifs is 1. The standard InChI is InChI=1S/C16H12INO4/c17-11-3-1-2-4-14(11)21-8-13(19)10-5-6-15-12(7-10)18-16(20)9-22-15/h1-7H,8-9H2,(H,18,20). The van der Waals surface area contributed by atoms with Gasteiger partial charge in [0.15, 0.2) is 19.0 Å². The first-order valence-corrected chi connectivity index (χ1v) is 7.68. The van der Waals surface area contributed by atoms with Gasteiger partial charge in [-0.3, -0.25) is 9.59 Å². The van der Waals surface area contributed by atoms with Gasteiger partial charge in [0.1, 0.15) is 11.5 Å². The van der Waals surface area contributed by atoms with E-state index in [4.69, 9.17) is 9.47 Å². The van der Waals surface area contributed by atoms with Crippen molar-refractivity contribution in [2.75, 3.05) is 18.5 Å². The Bertz CT molecular complexity index is 745. The average molecular weight is 409 g/mol. The Balaban J connectivity index is 1.72. The molecule has 0 unspecified atom stereocenters. The Morgan fingerprint density at radius 3 is 2.91 bits per heavy atom. The fourth-order valence-electron chi connectivity index (χ4n) is 2.04. The summed E-state index contributed by atoms with van der Waals surface area (Å²) in [4.78, 5) is 23.5. The number of rotatable bonds is 4. The van der Waals surface area contributed by atoms with Gasteiger partial charge in [0.25, 0.3) is 5.91 Å². The molecule has 0 aliphatic carbocycles. The molecule has 0 saturated carbocycles. The molecular formula is C16H12INO4. The molecule has 1 aliphatic rings. The first-order valence-electron chi connectivity index (χ1n) is 6.61. The molecule has 3 rings (SSSR count). The summed E-state index contributed by atoms with van der Waals surface area (Å²) < 4.78 is 11.7. The summed E-state index contributed by atoms with van der Waals surface area (Å²) in [5, 5.41) is 2.68. The van der Waals surface area contributed by atoms with E-state index in [1.165, 1.54) is 0 Å². The van der Waals surface area contributed by atoms with Crippen molar-refractivity contribution in [2.24, 2.45) is 0 Å². The van der Waals surface area contributed by atoms with Crippen LogP contribution in [0.25, 0.3) is 0 Å². The lowest BCUT2D eigenvalue weighted by molar-refractivity contribution is -0.118. The average Bonchev–Trinajstić information content (AvgIpc) is 2.53. The van der Waals surface area contributed by atoms with Gasteiger partial charge < -0.3 is 14.8 Å². The number of carbonyl (C=O) groups excluding carboxylic acids is 2. The van der Waals surface area contributed by atoms with Crippen LogP contribution in [0.3, 0.4) is 0 Å². The van der Waals surface area contributed by atoms with Crippen LogP contribution in [0.1, 0.15) is 10.4 Å². The highest BCUT2D eigenvalue weighted by Gasteiger charge is 2.18. The third kappa shape index (κ3) is 3.22. The van der Waals surface area contributed by atoms with E-state index >= 15 is 0 Å². The number of ether oxygens (including phenoxy) is 2. The SMILES string of the molecule is O=C1COc2ccc(C(=O)COc3ccccc3I)cc2N1. The summed E-state index contributed by atoms with van der Waals surface area (Å²) in [7, 11) is 0. The predicted octanol–water partition coefficient (Wildman–Crippen LogP) is 2.88. The number of ketones is 1. The van der Waals surface area contributed by atoms with Gasteiger partial charge in [-0.2, -0.15) is 0 Å². The van der Waals surface area contributed by atoms with Crippen molar-refractivity contribution in [1.82, 2.24) is 0 Å². The summed E-state index contributed by atoms with van der Waals surface area (Å²) in [6, 6.07) is 12.4. The highest BCUT2D eigenvalue weighted by Crippen LogP contribution is 2.28. The van der Waals surface area contributed by atoms with E-state index in [-0.39, 0.29) is 24.9 Å². The van der Waals surface area contributed by atoms with Gasteiger partial charge in [-0.1, -0.05) is 12.1 Å². The topological polar surface area (TPSA) is 64.6 Å². The van der Waals surface area contributed by atoms with Gasteiger partial charge in [-0.25, -0.2) is 0 Å². The van der Waals surface area contributed by atoms with Crippen LogP contribution in [0.4, 0.5) is 5.69 Å². The largest absolute Gasteiger partial charge is 0.484 e. The first-order chi connectivity index (χ1) is 10.6. The maximum Gasteiger partial charge on any atom is 0.262 e. The quantitative estimate of drug-likeness (QED) is 0.623. The molecule has 0 atom stereocenters. The summed E-state index contributed by atoms with van der Waals surface area (Å²) in [5.74, 6) is 0.843. The maximum atomic E-state index is 12.2. The highest BCUT2D eigenvalue weighted by molar-refractivity contribution is 14.1. The molecule has 0 fully saturated rings. The third-order valence-electron chi connectivity index (χ3n) is 3.13. The van der Waals surface area contributed by atoms with E-state index in [0.29, 0.717) is 22.7 Å². The zero-order valence-electron chi connectivity index (χ0n) is 11.5. The molecule has 1 amide bonds. The molecule has 22 heavy (non-hydrogen) atoms. The van der Waals surface area contributed by atoms with Gasteiger partial charge in [0.2, 0.25) is 0 Å². The molecule has 0 bridgehead atoms. The molecule has 0 saturated heterocycles. The fourth-order valence-corrected chi connectivity index (χ4v) is 2.59. The zero-order valence-corrected chi connectivity index (χ0v) is 13.6. The van der Waals surface area contributed by atoms with E-state index < -0.39 is 0 Å². The molecule has 1 heterocycles. The second-order valence-corrected chi connectivity index (χ2v) is 5.85. The fraction of sp³-hybridized carbons (Fsp3) is 0.125. The van der Waals surface area contributed by atoms with Gasteiger partial charge >= 0.3 is 0 Å². The van der Waals surface area contributed by atoms with Crippen molar-refractivity contribution < 1.29 is 19.1 Å². The lowest BCUT2D eigenvalue weighted by atomic mass is 10.1. The molecule has 112 valence electrons. The minimum absolute atomic E-state index is 0.00412. The number of anilines is 1. The minimum Gasteiger partial charge on any atom is -0.484 e. The third-order valence-corrected chi connectivity index (χ3v) is 4.02. The van der Waals surface area contributed by atoms with Crippen LogP contribution in [0.15, 0.2) is 42.5 Å². The van der Waals surface area contributed by atoms with Crippen molar-refractivity contribution >= 4 is 40.0 Å². The monoisotopic (exact) mass is 409 g/mol. The number of para-hydroxylation sites is 1. The Hall–Kier alpha value is -2.09. The van der Waals surface area contributed by atoms with Crippen LogP contribution >= 0.6 is 22.6 Å². The molecule has 6 heteroatoms. The van der Waals surface area contributed by atoms with Crippen LogP contribution < -0.4 is 14.8 Å². The van der Waals surface area contributed by atoms with Crippen LogP contribution in [-0.4, -0.2) is 24.9 Å². The van der Waals surface area contributed by atoms with Crippen molar-refractivity contribution in [3.63, 3.8) is 0 Å². The molecule has 2 aromatic rings. The number of Topliss-reactive ketones (excluding diaryl/α,β-unsaturated/α-hetero) is 1. The molecule has 1 aliphatic heterocycles. The Morgan fingerprint density at radius 1 is 1.27 bits per heavy atom. The molecular weight excluding hydrogens is 397 g/mol. The molecule has 2 aromatic carbocycles. The number of carbonyl (C=O) groups is 2. The summed E-state index contributed by atoms with van der Waals surface area (Å²) >= 11 is 2.15. The second-order valence-electron chi connectivity index (χ2n) is 4.69. The lowest BCUT2D eigenvalue weighted by Crippen LogP contribution is -2.25. The summed E-state index contributed by atoms with van der Waals surface area (Å²) in [5.41, 5.74) is 0.979. The number of hydrogen-bond acceptors (Lipinski definition) is 4. The van der Waals surface area contributed by atoms with Crippen molar-refractivity contribution in [1.29, 1.82) is 0 Å². The maximum absolute atomic E-state index is 12.2. The van der Waals surface area contributed by atoms with Gasteiger partial charge in [0.05, 0.1) is 9.26 Å². The number of halogens is 1. The van der Waals surface area contributed by atoms with Gasteiger partial charge in [-0.15, -0.1) is 0 Å². The highest BCUT2D eigenvalue weighted by atomic mass is 127. The minimum atomic E-state index is -0.229.